The van der Waals surface area contributed by atoms with Gasteiger partial charge in [0.25, 0.3) is 0 Å². The van der Waals surface area contributed by atoms with Crippen molar-refractivity contribution >= 4 is 17.4 Å². The number of rotatable bonds is 2. The number of aryl methyl sites for hydroxylation is 1. The van der Waals surface area contributed by atoms with Crippen molar-refractivity contribution in [1.82, 2.24) is 5.16 Å². The molecule has 0 unspecified atom stereocenters. The minimum absolute atomic E-state index is 0.221. The summed E-state index contributed by atoms with van der Waals surface area (Å²) in [5.41, 5.74) is 8.57. The molecule has 21 heavy (non-hydrogen) atoms. The van der Waals surface area contributed by atoms with Crippen LogP contribution in [0.1, 0.15) is 5.56 Å². The van der Waals surface area contributed by atoms with E-state index in [1.807, 2.05) is 31.2 Å². The Hall–Kier alpha value is -2.33. The Balaban J connectivity index is 2.27. The van der Waals surface area contributed by atoms with E-state index in [2.05, 4.69) is 5.16 Å². The molecule has 3 rings (SSSR count). The number of benzene rings is 2. The Morgan fingerprint density at radius 2 is 1.90 bits per heavy atom. The molecule has 0 amide bonds. The summed E-state index contributed by atoms with van der Waals surface area (Å²) in [6, 6.07) is 11.9. The van der Waals surface area contributed by atoms with Gasteiger partial charge in [0.1, 0.15) is 5.82 Å². The maximum atomic E-state index is 14.1. The molecular weight excluding hydrogens is 291 g/mol. The van der Waals surface area contributed by atoms with E-state index in [-0.39, 0.29) is 17.1 Å². The SMILES string of the molecule is Cc1ccccc1-c1c(N)noc1-c1cc(Cl)ccc1F. The van der Waals surface area contributed by atoms with Crippen molar-refractivity contribution < 1.29 is 8.91 Å². The van der Waals surface area contributed by atoms with Crippen LogP contribution in [0.4, 0.5) is 10.2 Å². The molecule has 1 heterocycles. The highest BCUT2D eigenvalue weighted by Crippen LogP contribution is 2.39. The molecule has 0 bridgehead atoms. The van der Waals surface area contributed by atoms with Crippen LogP contribution < -0.4 is 5.73 Å². The van der Waals surface area contributed by atoms with Gasteiger partial charge in [0.15, 0.2) is 11.6 Å². The Bertz CT molecular complexity index is 814. The largest absolute Gasteiger partial charge is 0.380 e. The predicted octanol–water partition coefficient (Wildman–Crippen LogP) is 4.69. The first-order valence-electron chi connectivity index (χ1n) is 6.34. The lowest BCUT2D eigenvalue weighted by Gasteiger charge is -2.07. The first-order chi connectivity index (χ1) is 10.1. The van der Waals surface area contributed by atoms with Gasteiger partial charge >= 0.3 is 0 Å². The molecule has 0 spiro atoms. The Kier molecular flexibility index (Phi) is 3.39. The van der Waals surface area contributed by atoms with Crippen molar-refractivity contribution in [3.63, 3.8) is 0 Å². The number of anilines is 1. The number of nitrogens with zero attached hydrogens (tertiary/aromatic N) is 1. The van der Waals surface area contributed by atoms with E-state index < -0.39 is 5.82 Å². The molecule has 0 saturated heterocycles. The van der Waals surface area contributed by atoms with Crippen LogP contribution in [0.25, 0.3) is 22.5 Å². The first kappa shape index (κ1) is 13.6. The van der Waals surface area contributed by atoms with Crippen molar-refractivity contribution in [2.75, 3.05) is 5.73 Å². The van der Waals surface area contributed by atoms with E-state index in [0.717, 1.165) is 11.1 Å². The molecule has 0 aliphatic carbocycles. The molecule has 0 radical (unpaired) electrons. The molecule has 2 N–H and O–H groups in total. The predicted molar refractivity (Wildman–Crippen MR) is 81.5 cm³/mol. The molecule has 3 nitrogen and oxygen atoms in total. The normalized spacial score (nSPS) is 10.8. The quantitative estimate of drug-likeness (QED) is 0.747. The summed E-state index contributed by atoms with van der Waals surface area (Å²) < 4.78 is 19.3. The molecule has 106 valence electrons. The van der Waals surface area contributed by atoms with Crippen molar-refractivity contribution in [1.29, 1.82) is 0 Å². The van der Waals surface area contributed by atoms with Crippen LogP contribution in [-0.4, -0.2) is 5.16 Å². The van der Waals surface area contributed by atoms with E-state index in [4.69, 9.17) is 21.9 Å². The second kappa shape index (κ2) is 5.22. The smallest absolute Gasteiger partial charge is 0.179 e. The fraction of sp³-hybridized carbons (Fsp3) is 0.0625. The highest BCUT2D eigenvalue weighted by Gasteiger charge is 2.21. The second-order valence-electron chi connectivity index (χ2n) is 4.71. The van der Waals surface area contributed by atoms with Crippen LogP contribution in [0, 0.1) is 12.7 Å². The van der Waals surface area contributed by atoms with Crippen molar-refractivity contribution in [2.24, 2.45) is 0 Å². The standard InChI is InChI=1S/C16H12ClFN2O/c1-9-4-2-3-5-11(9)14-15(21-20-16(14)19)12-8-10(17)6-7-13(12)18/h2-8H,1H3,(H2,19,20). The maximum absolute atomic E-state index is 14.1. The number of hydrogen-bond donors (Lipinski definition) is 1. The number of aromatic nitrogens is 1. The monoisotopic (exact) mass is 302 g/mol. The van der Waals surface area contributed by atoms with E-state index in [1.54, 1.807) is 0 Å². The third-order valence-electron chi connectivity index (χ3n) is 3.31. The zero-order chi connectivity index (χ0) is 15.0. The van der Waals surface area contributed by atoms with Crippen LogP contribution in [0.5, 0.6) is 0 Å². The average molecular weight is 303 g/mol. The molecule has 1 aromatic heterocycles. The van der Waals surface area contributed by atoms with Crippen LogP contribution in [0.2, 0.25) is 5.02 Å². The lowest BCUT2D eigenvalue weighted by atomic mass is 9.97. The van der Waals surface area contributed by atoms with Gasteiger partial charge in [-0.2, -0.15) is 0 Å². The fourth-order valence-corrected chi connectivity index (χ4v) is 2.44. The van der Waals surface area contributed by atoms with E-state index in [9.17, 15) is 4.39 Å². The summed E-state index contributed by atoms with van der Waals surface area (Å²) in [6.45, 7) is 1.94. The third kappa shape index (κ3) is 2.38. The van der Waals surface area contributed by atoms with Crippen LogP contribution in [0.3, 0.4) is 0 Å². The number of nitrogen functional groups attached to an aromatic ring is 1. The van der Waals surface area contributed by atoms with Crippen LogP contribution in [-0.2, 0) is 0 Å². The summed E-state index contributed by atoms with van der Waals surface area (Å²) in [5, 5.41) is 4.19. The summed E-state index contributed by atoms with van der Waals surface area (Å²) >= 11 is 5.94. The summed E-state index contributed by atoms with van der Waals surface area (Å²) in [7, 11) is 0. The van der Waals surface area contributed by atoms with Crippen molar-refractivity contribution in [3.8, 4) is 22.5 Å². The van der Waals surface area contributed by atoms with E-state index in [0.29, 0.717) is 10.6 Å². The molecule has 3 aromatic rings. The van der Waals surface area contributed by atoms with Gasteiger partial charge < -0.3 is 10.3 Å². The summed E-state index contributed by atoms with van der Waals surface area (Å²) in [4.78, 5) is 0. The van der Waals surface area contributed by atoms with Gasteiger partial charge in [-0.25, -0.2) is 4.39 Å². The Labute approximate surface area is 126 Å². The van der Waals surface area contributed by atoms with Gasteiger partial charge in [-0.1, -0.05) is 41.0 Å². The Morgan fingerprint density at radius 3 is 2.67 bits per heavy atom. The van der Waals surface area contributed by atoms with E-state index >= 15 is 0 Å². The molecule has 0 saturated carbocycles. The average Bonchev–Trinajstić information content (AvgIpc) is 2.84. The number of hydrogen-bond acceptors (Lipinski definition) is 3. The highest BCUT2D eigenvalue weighted by molar-refractivity contribution is 6.30. The minimum Gasteiger partial charge on any atom is -0.380 e. The van der Waals surface area contributed by atoms with Gasteiger partial charge in [0.2, 0.25) is 0 Å². The van der Waals surface area contributed by atoms with Gasteiger partial charge in [0.05, 0.1) is 11.1 Å². The third-order valence-corrected chi connectivity index (χ3v) is 3.54. The first-order valence-corrected chi connectivity index (χ1v) is 6.72. The van der Waals surface area contributed by atoms with Crippen molar-refractivity contribution in [3.05, 3.63) is 58.9 Å². The van der Waals surface area contributed by atoms with Gasteiger partial charge in [-0.05, 0) is 36.2 Å². The van der Waals surface area contributed by atoms with Crippen molar-refractivity contribution in [2.45, 2.75) is 6.92 Å². The minimum atomic E-state index is -0.439. The molecule has 0 atom stereocenters. The zero-order valence-electron chi connectivity index (χ0n) is 11.2. The lowest BCUT2D eigenvalue weighted by molar-refractivity contribution is 0.433. The number of nitrogens with two attached hydrogens (primary N) is 1. The number of halogens is 2. The van der Waals surface area contributed by atoms with E-state index in [1.165, 1.54) is 18.2 Å². The fourth-order valence-electron chi connectivity index (χ4n) is 2.27. The maximum Gasteiger partial charge on any atom is 0.179 e. The molecule has 0 aliphatic heterocycles. The lowest BCUT2D eigenvalue weighted by Crippen LogP contribution is -1.92. The summed E-state index contributed by atoms with van der Waals surface area (Å²) in [6.07, 6.45) is 0. The molecule has 0 fully saturated rings. The molecule has 2 aromatic carbocycles. The highest BCUT2D eigenvalue weighted by atomic mass is 35.5. The molecular formula is C16H12ClFN2O. The molecule has 5 heteroatoms. The van der Waals surface area contributed by atoms with Gasteiger partial charge in [-0.15, -0.1) is 0 Å². The van der Waals surface area contributed by atoms with Gasteiger partial charge in [0, 0.05) is 5.02 Å². The zero-order valence-corrected chi connectivity index (χ0v) is 12.0. The van der Waals surface area contributed by atoms with Crippen LogP contribution in [0.15, 0.2) is 47.0 Å². The summed E-state index contributed by atoms with van der Waals surface area (Å²) in [5.74, 6) is 0.0610. The Morgan fingerprint density at radius 1 is 1.14 bits per heavy atom. The van der Waals surface area contributed by atoms with Crippen LogP contribution >= 0.6 is 11.6 Å². The topological polar surface area (TPSA) is 52.0 Å². The second-order valence-corrected chi connectivity index (χ2v) is 5.15. The van der Waals surface area contributed by atoms with Gasteiger partial charge in [-0.3, -0.25) is 0 Å². The molecule has 0 aliphatic rings.